The number of aliphatic hydroxyl groups excluding tert-OH is 1. The van der Waals surface area contributed by atoms with E-state index in [1.807, 2.05) is 6.92 Å². The quantitative estimate of drug-likeness (QED) is 0.786. The predicted octanol–water partition coefficient (Wildman–Crippen LogP) is 1.14. The van der Waals surface area contributed by atoms with Crippen LogP contribution in [0.1, 0.15) is 12.7 Å². The van der Waals surface area contributed by atoms with Crippen LogP contribution in [0, 0.1) is 0 Å². The molecule has 0 bridgehead atoms. The van der Waals surface area contributed by atoms with E-state index in [1.165, 1.54) is 0 Å². The Hall–Kier alpha value is -0.820. The van der Waals surface area contributed by atoms with Crippen LogP contribution in [0.4, 0.5) is 13.9 Å². The molecule has 2 N–H and O–H groups in total. The molecule has 1 heterocycles. The van der Waals surface area contributed by atoms with Crippen LogP contribution in [-0.2, 0) is 6.42 Å². The minimum atomic E-state index is -3.11. The minimum absolute atomic E-state index is 0.356. The van der Waals surface area contributed by atoms with E-state index in [1.54, 1.807) is 0 Å². The lowest BCUT2D eigenvalue weighted by Gasteiger charge is -2.12. The molecule has 1 rings (SSSR count). The second-order valence-corrected chi connectivity index (χ2v) is 3.49. The highest BCUT2D eigenvalue weighted by Gasteiger charge is 2.27. The van der Waals surface area contributed by atoms with Gasteiger partial charge in [-0.3, -0.25) is 0 Å². The second kappa shape index (κ2) is 4.61. The maximum atomic E-state index is 12.6. The summed E-state index contributed by atoms with van der Waals surface area (Å²) in [4.78, 5) is 3.95. The van der Waals surface area contributed by atoms with E-state index in [4.69, 9.17) is 5.11 Å². The molecule has 1 aromatic heterocycles. The summed E-state index contributed by atoms with van der Waals surface area (Å²) in [6.07, 6.45) is 0.675. The number of nitrogens with zero attached hydrogens (tertiary/aromatic N) is 2. The number of rotatable bonds is 5. The van der Waals surface area contributed by atoms with Crippen LogP contribution in [-0.4, -0.2) is 33.5 Å². The molecule has 0 saturated carbocycles. The van der Waals surface area contributed by atoms with Crippen LogP contribution >= 0.6 is 11.5 Å². The summed E-state index contributed by atoms with van der Waals surface area (Å²) in [5.41, 5.74) is 0. The molecular weight excluding hydrogens is 212 g/mol. The molecule has 0 aromatic carbocycles. The molecule has 0 aliphatic carbocycles. The molecule has 7 heteroatoms. The van der Waals surface area contributed by atoms with Crippen molar-refractivity contribution in [2.75, 3.05) is 18.5 Å². The highest BCUT2D eigenvalue weighted by molar-refractivity contribution is 7.09. The number of hydrogen-bond acceptors (Lipinski definition) is 5. The minimum Gasteiger partial charge on any atom is -0.390 e. The molecule has 0 aliphatic heterocycles. The third-order valence-electron chi connectivity index (χ3n) is 1.51. The second-order valence-electron chi connectivity index (χ2n) is 2.74. The third kappa shape index (κ3) is 3.15. The first-order valence-corrected chi connectivity index (χ1v) is 4.90. The van der Waals surface area contributed by atoms with Crippen LogP contribution in [0.2, 0.25) is 0 Å². The Morgan fingerprint density at radius 2 is 2.29 bits per heavy atom. The zero-order valence-electron chi connectivity index (χ0n) is 7.63. The van der Waals surface area contributed by atoms with Crippen molar-refractivity contribution in [3.8, 4) is 0 Å². The largest absolute Gasteiger partial charge is 0.390 e. The molecule has 80 valence electrons. The van der Waals surface area contributed by atoms with E-state index in [0.29, 0.717) is 17.4 Å². The van der Waals surface area contributed by atoms with Crippen molar-refractivity contribution in [1.29, 1.82) is 0 Å². The molecule has 0 saturated heterocycles. The Morgan fingerprint density at radius 3 is 2.79 bits per heavy atom. The van der Waals surface area contributed by atoms with Gasteiger partial charge in [0.2, 0.25) is 5.13 Å². The Morgan fingerprint density at radius 1 is 1.57 bits per heavy atom. The summed E-state index contributed by atoms with van der Waals surface area (Å²) >= 11 is 1.04. The number of aromatic nitrogens is 2. The zero-order valence-corrected chi connectivity index (χ0v) is 8.44. The molecule has 0 radical (unpaired) electrons. The van der Waals surface area contributed by atoms with Crippen LogP contribution in [0.3, 0.4) is 0 Å². The SMILES string of the molecule is CCc1nsc(NCC(F)(F)CO)n1. The molecule has 0 spiro atoms. The van der Waals surface area contributed by atoms with Gasteiger partial charge < -0.3 is 10.4 Å². The van der Waals surface area contributed by atoms with Gasteiger partial charge in [-0.05, 0) is 0 Å². The first-order chi connectivity index (χ1) is 6.57. The predicted molar refractivity (Wildman–Crippen MR) is 49.8 cm³/mol. The molecule has 0 fully saturated rings. The van der Waals surface area contributed by atoms with Crippen LogP contribution in [0.25, 0.3) is 0 Å². The number of hydrogen-bond donors (Lipinski definition) is 2. The summed E-state index contributed by atoms with van der Waals surface area (Å²) in [7, 11) is 0. The van der Waals surface area contributed by atoms with E-state index in [-0.39, 0.29) is 0 Å². The normalized spacial score (nSPS) is 11.7. The lowest BCUT2D eigenvalue weighted by molar-refractivity contribution is -0.0372. The lowest BCUT2D eigenvalue weighted by atomic mass is 10.3. The first-order valence-electron chi connectivity index (χ1n) is 4.12. The van der Waals surface area contributed by atoms with Gasteiger partial charge in [0.1, 0.15) is 12.4 Å². The van der Waals surface area contributed by atoms with E-state index < -0.39 is 19.1 Å². The first kappa shape index (κ1) is 11.3. The van der Waals surface area contributed by atoms with Gasteiger partial charge in [-0.15, -0.1) is 0 Å². The fourth-order valence-corrected chi connectivity index (χ4v) is 1.37. The van der Waals surface area contributed by atoms with Crippen LogP contribution < -0.4 is 5.32 Å². The molecule has 0 aliphatic rings. The monoisotopic (exact) mass is 223 g/mol. The average molecular weight is 223 g/mol. The summed E-state index contributed by atoms with van der Waals surface area (Å²) in [5, 5.41) is 11.1. The average Bonchev–Trinajstić information content (AvgIpc) is 2.63. The molecule has 0 atom stereocenters. The van der Waals surface area contributed by atoms with E-state index in [0.717, 1.165) is 11.5 Å². The van der Waals surface area contributed by atoms with Gasteiger partial charge in [-0.25, -0.2) is 13.8 Å². The molecular formula is C7H11F2N3OS. The highest BCUT2D eigenvalue weighted by atomic mass is 32.1. The Labute approximate surface area is 84.2 Å². The molecule has 0 amide bonds. The number of aliphatic hydroxyl groups is 1. The van der Waals surface area contributed by atoms with Gasteiger partial charge in [0.25, 0.3) is 5.92 Å². The molecule has 4 nitrogen and oxygen atoms in total. The number of anilines is 1. The summed E-state index contributed by atoms with van der Waals surface area (Å²) in [6.45, 7) is 0.0927. The summed E-state index contributed by atoms with van der Waals surface area (Å²) < 4.78 is 29.1. The summed E-state index contributed by atoms with van der Waals surface area (Å²) in [5.74, 6) is -2.48. The summed E-state index contributed by atoms with van der Waals surface area (Å²) in [6, 6.07) is 0. The maximum absolute atomic E-state index is 12.6. The lowest BCUT2D eigenvalue weighted by Crippen LogP contribution is -2.30. The van der Waals surface area contributed by atoms with Gasteiger partial charge in [0, 0.05) is 18.0 Å². The van der Waals surface area contributed by atoms with Crippen LogP contribution in [0.5, 0.6) is 0 Å². The number of aryl methyl sites for hydroxylation is 1. The smallest absolute Gasteiger partial charge is 0.287 e. The van der Waals surface area contributed by atoms with Crippen molar-refractivity contribution in [1.82, 2.24) is 9.36 Å². The Balaban J connectivity index is 2.45. The van der Waals surface area contributed by atoms with Gasteiger partial charge in [0.15, 0.2) is 0 Å². The van der Waals surface area contributed by atoms with E-state index in [9.17, 15) is 8.78 Å². The Kier molecular flexibility index (Phi) is 3.70. The van der Waals surface area contributed by atoms with Crippen molar-refractivity contribution >= 4 is 16.7 Å². The van der Waals surface area contributed by atoms with Gasteiger partial charge in [0.05, 0.1) is 6.54 Å². The topological polar surface area (TPSA) is 58.0 Å². The van der Waals surface area contributed by atoms with E-state index in [2.05, 4.69) is 14.7 Å². The third-order valence-corrected chi connectivity index (χ3v) is 2.22. The van der Waals surface area contributed by atoms with Crippen molar-refractivity contribution in [3.05, 3.63) is 5.82 Å². The fraction of sp³-hybridized carbons (Fsp3) is 0.714. The number of halogens is 2. The Bertz CT molecular complexity index is 292. The van der Waals surface area contributed by atoms with E-state index >= 15 is 0 Å². The standard InChI is InChI=1S/C7H11F2N3OS/c1-2-5-11-6(14-12-5)10-3-7(8,9)4-13/h13H,2-4H2,1H3,(H,10,11,12). The van der Waals surface area contributed by atoms with Gasteiger partial charge in [-0.2, -0.15) is 4.37 Å². The number of nitrogens with one attached hydrogen (secondary N) is 1. The van der Waals surface area contributed by atoms with Gasteiger partial charge >= 0.3 is 0 Å². The highest BCUT2D eigenvalue weighted by Crippen LogP contribution is 2.16. The van der Waals surface area contributed by atoms with Crippen molar-refractivity contribution in [2.24, 2.45) is 0 Å². The van der Waals surface area contributed by atoms with Crippen molar-refractivity contribution < 1.29 is 13.9 Å². The van der Waals surface area contributed by atoms with Crippen molar-refractivity contribution in [3.63, 3.8) is 0 Å². The molecule has 1 aromatic rings. The maximum Gasteiger partial charge on any atom is 0.287 e. The van der Waals surface area contributed by atoms with Gasteiger partial charge in [-0.1, -0.05) is 6.92 Å². The molecule has 0 unspecified atom stereocenters. The van der Waals surface area contributed by atoms with Crippen LogP contribution in [0.15, 0.2) is 0 Å². The molecule has 14 heavy (non-hydrogen) atoms. The van der Waals surface area contributed by atoms with Crippen molar-refractivity contribution in [2.45, 2.75) is 19.3 Å². The number of alkyl halides is 2. The zero-order chi connectivity index (χ0) is 10.6. The fourth-order valence-electron chi connectivity index (χ4n) is 0.730.